The van der Waals surface area contributed by atoms with E-state index in [2.05, 4.69) is 174 Å². The number of hydrogen-bond acceptors (Lipinski definition) is 1. The normalized spacial score (nSPS) is 15.4. The van der Waals surface area contributed by atoms with Crippen molar-refractivity contribution in [3.63, 3.8) is 0 Å². The van der Waals surface area contributed by atoms with Gasteiger partial charge in [0.25, 0.3) is 0 Å². The molecule has 2 nitrogen and oxygen atoms in total. The fourth-order valence-electron chi connectivity index (χ4n) is 8.58. The van der Waals surface area contributed by atoms with Crippen LogP contribution in [0.5, 0.6) is 0 Å². The van der Waals surface area contributed by atoms with E-state index < -0.39 is 0 Å². The van der Waals surface area contributed by atoms with E-state index in [4.69, 9.17) is 0 Å². The summed E-state index contributed by atoms with van der Waals surface area (Å²) in [6.45, 7) is 2.32. The van der Waals surface area contributed by atoms with E-state index in [9.17, 15) is 0 Å². The summed E-state index contributed by atoms with van der Waals surface area (Å²) in [6, 6.07) is 51.8. The SMILES string of the molecule is CC1C=C(n2c3ccc(-c4ccc5c(c4)c4ccccc4n5-c4ccccc4)cc3c3c4cccc5c4c(cc32)-c2ccccc2S5)C=CC1. The molecule has 0 bridgehead atoms. The molecule has 0 spiro atoms. The van der Waals surface area contributed by atoms with Crippen molar-refractivity contribution in [2.75, 3.05) is 0 Å². The highest BCUT2D eigenvalue weighted by atomic mass is 32.2. The molecule has 1 aliphatic carbocycles. The van der Waals surface area contributed by atoms with E-state index in [1.165, 1.54) is 97.8 Å². The Morgan fingerprint density at radius 3 is 2.08 bits per heavy atom. The van der Waals surface area contributed by atoms with Crippen LogP contribution in [0.15, 0.2) is 168 Å². The molecule has 0 amide bonds. The standard InChI is InChI=1S/C47H32N2S/c1-29-11-9-14-33(25-29)49-42-24-22-31(30-21-23-41-37(26-30)34-15-5-7-18-40(34)48(41)32-12-3-2-4-13-32)27-39(42)46-36-17-10-20-45-47(36)38(28-43(46)49)35-16-6-8-19-44(35)50-45/h2-10,12-29H,11H2,1H3. The third-order valence-corrected chi connectivity index (χ3v) is 11.9. The van der Waals surface area contributed by atoms with Crippen LogP contribution in [0, 0.1) is 5.92 Å². The number of hydrogen-bond donors (Lipinski definition) is 0. The van der Waals surface area contributed by atoms with Gasteiger partial charge in [-0.25, -0.2) is 0 Å². The van der Waals surface area contributed by atoms with Crippen LogP contribution in [0.1, 0.15) is 13.3 Å². The third kappa shape index (κ3) is 3.98. The zero-order chi connectivity index (χ0) is 32.9. The van der Waals surface area contributed by atoms with Crippen molar-refractivity contribution in [3.05, 3.63) is 158 Å². The van der Waals surface area contributed by atoms with Gasteiger partial charge in [0.05, 0.1) is 22.1 Å². The number of fused-ring (bicyclic) bond motifs is 9. The fraction of sp³-hybridized carbons (Fsp3) is 0.0638. The summed E-state index contributed by atoms with van der Waals surface area (Å²) >= 11 is 1.90. The molecule has 236 valence electrons. The van der Waals surface area contributed by atoms with E-state index in [0.717, 1.165) is 6.42 Å². The lowest BCUT2D eigenvalue weighted by Gasteiger charge is -2.21. The Morgan fingerprint density at radius 1 is 0.520 bits per heavy atom. The molecule has 50 heavy (non-hydrogen) atoms. The molecule has 3 heterocycles. The molecule has 2 aromatic heterocycles. The molecule has 1 unspecified atom stereocenters. The van der Waals surface area contributed by atoms with Crippen molar-refractivity contribution >= 4 is 71.8 Å². The molecule has 3 heteroatoms. The van der Waals surface area contributed by atoms with E-state index in [1.807, 2.05) is 11.8 Å². The highest BCUT2D eigenvalue weighted by molar-refractivity contribution is 7.99. The Morgan fingerprint density at radius 2 is 1.22 bits per heavy atom. The number of nitrogens with zero attached hydrogens (tertiary/aromatic N) is 2. The Balaban J connectivity index is 1.20. The monoisotopic (exact) mass is 656 g/mol. The van der Waals surface area contributed by atoms with Gasteiger partial charge in [0.2, 0.25) is 0 Å². The van der Waals surface area contributed by atoms with Crippen LogP contribution in [0.2, 0.25) is 0 Å². The van der Waals surface area contributed by atoms with Gasteiger partial charge in [0.1, 0.15) is 0 Å². The molecule has 11 rings (SSSR count). The van der Waals surface area contributed by atoms with Crippen LogP contribution in [0.3, 0.4) is 0 Å². The van der Waals surface area contributed by atoms with Crippen molar-refractivity contribution in [1.82, 2.24) is 9.13 Å². The van der Waals surface area contributed by atoms with Gasteiger partial charge in [0.15, 0.2) is 0 Å². The fourth-order valence-corrected chi connectivity index (χ4v) is 9.72. The molecule has 1 aliphatic heterocycles. The lowest BCUT2D eigenvalue weighted by atomic mass is 9.93. The summed E-state index contributed by atoms with van der Waals surface area (Å²) in [6.07, 6.45) is 8.18. The summed E-state index contributed by atoms with van der Waals surface area (Å²) in [7, 11) is 0. The molecule has 0 N–H and O–H groups in total. The maximum atomic E-state index is 2.52. The zero-order valence-electron chi connectivity index (χ0n) is 27.6. The van der Waals surface area contributed by atoms with Crippen molar-refractivity contribution < 1.29 is 0 Å². The Hall–Kier alpha value is -5.77. The number of benzene rings is 7. The average molecular weight is 657 g/mol. The molecule has 0 fully saturated rings. The summed E-state index contributed by atoms with van der Waals surface area (Å²) in [5.41, 5.74) is 12.5. The smallest absolute Gasteiger partial charge is 0.0553 e. The van der Waals surface area contributed by atoms with Gasteiger partial charge >= 0.3 is 0 Å². The first-order chi connectivity index (χ1) is 24.7. The van der Waals surface area contributed by atoms with Gasteiger partial charge in [-0.3, -0.25) is 0 Å². The molecule has 1 atom stereocenters. The van der Waals surface area contributed by atoms with Gasteiger partial charge in [-0.1, -0.05) is 110 Å². The summed E-state index contributed by atoms with van der Waals surface area (Å²) in [4.78, 5) is 2.66. The molecule has 2 aliphatic rings. The van der Waals surface area contributed by atoms with Crippen molar-refractivity contribution in [3.8, 4) is 27.9 Å². The molecule has 9 aromatic rings. The van der Waals surface area contributed by atoms with Gasteiger partial charge < -0.3 is 9.13 Å². The second-order valence-corrected chi connectivity index (χ2v) is 14.9. The number of para-hydroxylation sites is 2. The summed E-state index contributed by atoms with van der Waals surface area (Å²) in [5, 5.41) is 7.86. The van der Waals surface area contributed by atoms with Crippen LogP contribution in [-0.2, 0) is 0 Å². The van der Waals surface area contributed by atoms with Gasteiger partial charge in [0, 0.05) is 48.1 Å². The Kier molecular flexibility index (Phi) is 5.97. The van der Waals surface area contributed by atoms with E-state index in [1.54, 1.807) is 0 Å². The predicted octanol–water partition coefficient (Wildman–Crippen LogP) is 13.3. The number of allylic oxidation sites excluding steroid dienone is 4. The van der Waals surface area contributed by atoms with Gasteiger partial charge in [-0.05, 0) is 107 Å². The number of rotatable bonds is 3. The summed E-state index contributed by atoms with van der Waals surface area (Å²) in [5.74, 6) is 0.494. The molecule has 7 aromatic carbocycles. The minimum absolute atomic E-state index is 0.494. The van der Waals surface area contributed by atoms with Crippen LogP contribution in [-0.4, -0.2) is 9.13 Å². The van der Waals surface area contributed by atoms with Crippen LogP contribution < -0.4 is 0 Å². The minimum Gasteiger partial charge on any atom is -0.310 e. The van der Waals surface area contributed by atoms with E-state index >= 15 is 0 Å². The molecular formula is C47H32N2S. The van der Waals surface area contributed by atoms with Crippen LogP contribution >= 0.6 is 11.8 Å². The summed E-state index contributed by atoms with van der Waals surface area (Å²) < 4.78 is 4.91. The Labute approximate surface area is 294 Å². The Bertz CT molecular complexity index is 2940. The van der Waals surface area contributed by atoms with Crippen molar-refractivity contribution in [2.24, 2.45) is 5.92 Å². The first-order valence-electron chi connectivity index (χ1n) is 17.5. The maximum Gasteiger partial charge on any atom is 0.0553 e. The van der Waals surface area contributed by atoms with Crippen LogP contribution in [0.25, 0.3) is 88.0 Å². The number of aromatic nitrogens is 2. The lowest BCUT2D eigenvalue weighted by molar-refractivity contribution is 0.735. The largest absolute Gasteiger partial charge is 0.310 e. The van der Waals surface area contributed by atoms with E-state index in [-0.39, 0.29) is 0 Å². The minimum atomic E-state index is 0.494. The highest BCUT2D eigenvalue weighted by Gasteiger charge is 2.25. The molecular weight excluding hydrogens is 625 g/mol. The van der Waals surface area contributed by atoms with E-state index in [0.29, 0.717) is 5.92 Å². The predicted molar refractivity (Wildman–Crippen MR) is 213 cm³/mol. The zero-order valence-corrected chi connectivity index (χ0v) is 28.4. The quantitative estimate of drug-likeness (QED) is 0.184. The van der Waals surface area contributed by atoms with Crippen LogP contribution in [0.4, 0.5) is 0 Å². The highest BCUT2D eigenvalue weighted by Crippen LogP contribution is 2.51. The second-order valence-electron chi connectivity index (χ2n) is 13.8. The first kappa shape index (κ1) is 28.1. The van der Waals surface area contributed by atoms with Crippen molar-refractivity contribution in [2.45, 2.75) is 23.1 Å². The molecule has 0 saturated heterocycles. The average Bonchev–Trinajstić information content (AvgIpc) is 3.67. The maximum absolute atomic E-state index is 2.52. The topological polar surface area (TPSA) is 9.86 Å². The first-order valence-corrected chi connectivity index (χ1v) is 18.3. The molecule has 0 radical (unpaired) electrons. The lowest BCUT2D eigenvalue weighted by Crippen LogP contribution is -2.02. The third-order valence-electron chi connectivity index (χ3n) is 10.8. The second kappa shape index (κ2) is 10.6. The van der Waals surface area contributed by atoms with Gasteiger partial charge in [-0.15, -0.1) is 0 Å². The van der Waals surface area contributed by atoms with Gasteiger partial charge in [-0.2, -0.15) is 0 Å². The molecule has 0 saturated carbocycles. The van der Waals surface area contributed by atoms with Crippen molar-refractivity contribution in [1.29, 1.82) is 0 Å².